The Hall–Kier alpha value is -3.21. The van der Waals surface area contributed by atoms with E-state index in [0.717, 1.165) is 12.8 Å². The van der Waals surface area contributed by atoms with E-state index in [1.165, 1.54) is 54.8 Å². The maximum absolute atomic E-state index is 7.14. The average Bonchev–Trinajstić information content (AvgIpc) is 3.49. The Morgan fingerprint density at radius 3 is 2.30 bits per heavy atom. The highest BCUT2D eigenvalue weighted by molar-refractivity contribution is 6.18. The Morgan fingerprint density at radius 2 is 1.66 bits per heavy atom. The number of aromatic nitrogens is 2. The Labute approximate surface area is 282 Å². The quantitative estimate of drug-likeness (QED) is 0.0626. The van der Waals surface area contributed by atoms with Crippen molar-refractivity contribution in [3.05, 3.63) is 84.2 Å². The second-order valence-corrected chi connectivity index (χ2v) is 16.3. The Balaban J connectivity index is 1.61. The van der Waals surface area contributed by atoms with Crippen LogP contribution in [0.5, 0.6) is 0 Å². The van der Waals surface area contributed by atoms with Gasteiger partial charge in [0.15, 0.2) is 0 Å². The van der Waals surface area contributed by atoms with Gasteiger partial charge in [-0.25, -0.2) is 4.57 Å². The molecule has 0 spiro atoms. The van der Waals surface area contributed by atoms with Crippen LogP contribution in [0.2, 0.25) is 0 Å². The number of allylic oxidation sites excluding steroid dienone is 1. The molecule has 0 saturated carbocycles. The third kappa shape index (κ3) is 5.22. The summed E-state index contributed by atoms with van der Waals surface area (Å²) in [6.07, 6.45) is 8.74. The van der Waals surface area contributed by atoms with Crippen LogP contribution >= 0.6 is 0 Å². The number of ether oxygens (including phenoxy) is 2. The molecule has 3 aromatic carbocycles. The first-order valence-corrected chi connectivity index (χ1v) is 17.8. The summed E-state index contributed by atoms with van der Waals surface area (Å²) in [5, 5.41) is 6.46. The molecule has 6 rings (SSSR count). The van der Waals surface area contributed by atoms with Gasteiger partial charge in [-0.1, -0.05) is 105 Å². The minimum absolute atomic E-state index is 0.00551. The van der Waals surface area contributed by atoms with E-state index in [-0.39, 0.29) is 34.3 Å². The fourth-order valence-electron chi connectivity index (χ4n) is 8.65. The second-order valence-electron chi connectivity index (χ2n) is 16.3. The summed E-state index contributed by atoms with van der Waals surface area (Å²) in [7, 11) is 1.81. The molecule has 5 aromatic rings. The molecule has 0 amide bonds. The lowest BCUT2D eigenvalue weighted by atomic mass is 9.58. The molecule has 0 aliphatic carbocycles. The van der Waals surface area contributed by atoms with Crippen molar-refractivity contribution in [2.75, 3.05) is 20.3 Å². The van der Waals surface area contributed by atoms with Gasteiger partial charge in [0.05, 0.1) is 30.6 Å². The molecule has 4 nitrogen and oxygen atoms in total. The van der Waals surface area contributed by atoms with Crippen molar-refractivity contribution in [3.63, 3.8) is 0 Å². The lowest BCUT2D eigenvalue weighted by molar-refractivity contribution is -0.692. The van der Waals surface area contributed by atoms with Crippen LogP contribution < -0.4 is 4.57 Å². The number of hydrogen-bond acceptors (Lipinski definition) is 2. The van der Waals surface area contributed by atoms with Gasteiger partial charge in [0.25, 0.3) is 5.65 Å². The monoisotopic (exact) mass is 633 g/mol. The first kappa shape index (κ1) is 33.7. The largest absolute Gasteiger partial charge is 0.382 e. The SMILES string of the molecule is C=CC1C(C(COC)OC[C@@H](C)C(C)(CC)C(C)(C)CC)c2c3ccc(C)cc3cc3c4ccc(C(C)(C)C)cc4n4cc[n+]1c4c23. The fourth-order valence-corrected chi connectivity index (χ4v) is 8.65. The minimum Gasteiger partial charge on any atom is -0.382 e. The van der Waals surface area contributed by atoms with Crippen LogP contribution in [0, 0.1) is 23.7 Å². The zero-order valence-corrected chi connectivity index (χ0v) is 30.8. The van der Waals surface area contributed by atoms with Gasteiger partial charge in [0, 0.05) is 17.9 Å². The van der Waals surface area contributed by atoms with Crippen LogP contribution in [0.15, 0.2) is 67.5 Å². The van der Waals surface area contributed by atoms with Crippen LogP contribution in [-0.2, 0) is 14.9 Å². The molecule has 47 heavy (non-hydrogen) atoms. The first-order chi connectivity index (χ1) is 22.2. The average molecular weight is 634 g/mol. The number of fused-ring (bicyclic) bond motifs is 5. The van der Waals surface area contributed by atoms with Crippen molar-refractivity contribution in [1.82, 2.24) is 4.40 Å². The minimum atomic E-state index is -0.152. The molecular formula is C43H57N2O2+. The van der Waals surface area contributed by atoms with E-state index in [2.05, 4.69) is 146 Å². The molecule has 250 valence electrons. The van der Waals surface area contributed by atoms with Gasteiger partial charge in [-0.3, -0.25) is 0 Å². The molecule has 2 aromatic heterocycles. The fraction of sp³-hybridized carbons (Fsp3) is 0.512. The van der Waals surface area contributed by atoms with Crippen molar-refractivity contribution in [2.45, 2.75) is 106 Å². The van der Waals surface area contributed by atoms with E-state index >= 15 is 0 Å². The van der Waals surface area contributed by atoms with Gasteiger partial charge >= 0.3 is 0 Å². The highest BCUT2D eigenvalue weighted by Crippen LogP contribution is 2.51. The third-order valence-electron chi connectivity index (χ3n) is 12.6. The number of aryl methyl sites for hydroxylation is 1. The summed E-state index contributed by atoms with van der Waals surface area (Å²) in [6, 6.07) is 16.4. The van der Waals surface area contributed by atoms with Crippen molar-refractivity contribution < 1.29 is 14.0 Å². The van der Waals surface area contributed by atoms with E-state index in [0.29, 0.717) is 19.1 Å². The molecule has 4 heteroatoms. The lowest BCUT2D eigenvalue weighted by Crippen LogP contribution is -2.49. The Kier molecular flexibility index (Phi) is 8.63. The van der Waals surface area contributed by atoms with Gasteiger partial charge in [-0.2, -0.15) is 4.40 Å². The van der Waals surface area contributed by atoms with E-state index in [4.69, 9.17) is 9.47 Å². The zero-order chi connectivity index (χ0) is 34.1. The first-order valence-electron chi connectivity index (χ1n) is 17.8. The summed E-state index contributed by atoms with van der Waals surface area (Å²) in [5.41, 5.74) is 6.84. The van der Waals surface area contributed by atoms with E-state index in [1.54, 1.807) is 0 Å². The second kappa shape index (κ2) is 12.0. The number of hydrogen-bond donors (Lipinski definition) is 0. The normalized spacial score (nSPS) is 19.6. The molecule has 1 aliphatic heterocycles. The molecule has 0 saturated heterocycles. The summed E-state index contributed by atoms with van der Waals surface area (Å²) < 4.78 is 18.0. The number of imidazole rings is 1. The van der Waals surface area contributed by atoms with Crippen LogP contribution in [0.1, 0.15) is 104 Å². The molecular weight excluding hydrogens is 576 g/mol. The van der Waals surface area contributed by atoms with Crippen LogP contribution in [0.4, 0.5) is 0 Å². The van der Waals surface area contributed by atoms with E-state index in [1.807, 2.05) is 7.11 Å². The highest BCUT2D eigenvalue weighted by Gasteiger charge is 2.45. The summed E-state index contributed by atoms with van der Waals surface area (Å²) in [4.78, 5) is 0. The standard InChI is InChI=1S/C43H57N2O2/c1-13-34-39(36(26-46-12)47-25-28(5)43(11,15-3)42(9,10)14-2)37-31-18-16-27(4)22-29(31)23-33-32-19-17-30(41(6,7)8)24-35(32)45-21-20-44(34)40(45)38(33)37/h13,16-24,28,34,36,39H,1,14-15,25-26H2,2-12H3/q+1/t28-,34?,36?,39?,43?/m1/s1. The highest BCUT2D eigenvalue weighted by atomic mass is 16.5. The Bertz CT molecular complexity index is 1980. The van der Waals surface area contributed by atoms with Crippen molar-refractivity contribution >= 4 is 38.1 Å². The maximum atomic E-state index is 7.14. The van der Waals surface area contributed by atoms with Crippen LogP contribution in [0.3, 0.4) is 0 Å². The zero-order valence-electron chi connectivity index (χ0n) is 30.8. The van der Waals surface area contributed by atoms with Gasteiger partial charge in [0.2, 0.25) is 0 Å². The van der Waals surface area contributed by atoms with Crippen molar-refractivity contribution in [1.29, 1.82) is 0 Å². The van der Waals surface area contributed by atoms with Crippen LogP contribution in [0.25, 0.3) is 38.1 Å². The summed E-state index contributed by atoms with van der Waals surface area (Å²) in [5.74, 6) is 0.403. The molecule has 5 atom stereocenters. The lowest BCUT2D eigenvalue weighted by Gasteiger charge is -2.48. The summed E-state index contributed by atoms with van der Waals surface area (Å²) in [6.45, 7) is 29.1. The van der Waals surface area contributed by atoms with Gasteiger partial charge < -0.3 is 9.47 Å². The van der Waals surface area contributed by atoms with Gasteiger partial charge in [-0.05, 0) is 81.7 Å². The topological polar surface area (TPSA) is 26.8 Å². The third-order valence-corrected chi connectivity index (χ3v) is 12.6. The molecule has 0 radical (unpaired) electrons. The molecule has 0 N–H and O–H groups in total. The van der Waals surface area contributed by atoms with Gasteiger partial charge in [-0.15, -0.1) is 0 Å². The molecule has 1 aliphatic rings. The van der Waals surface area contributed by atoms with E-state index < -0.39 is 0 Å². The number of methoxy groups -OCH3 is 1. The number of nitrogens with zero attached hydrogens (tertiary/aromatic N) is 2. The van der Waals surface area contributed by atoms with Crippen molar-refractivity contribution in [3.8, 4) is 0 Å². The molecule has 3 heterocycles. The molecule has 0 fully saturated rings. The number of rotatable bonds is 11. The maximum Gasteiger partial charge on any atom is 0.295 e. The predicted molar refractivity (Wildman–Crippen MR) is 199 cm³/mol. The number of pyridine rings is 1. The van der Waals surface area contributed by atoms with Crippen LogP contribution in [-0.4, -0.2) is 30.8 Å². The Morgan fingerprint density at radius 1 is 0.936 bits per heavy atom. The molecule has 0 bridgehead atoms. The van der Waals surface area contributed by atoms with Crippen molar-refractivity contribution in [2.24, 2.45) is 16.7 Å². The van der Waals surface area contributed by atoms with E-state index in [9.17, 15) is 0 Å². The molecule has 4 unspecified atom stereocenters. The summed E-state index contributed by atoms with van der Waals surface area (Å²) >= 11 is 0. The number of benzene rings is 3. The smallest absolute Gasteiger partial charge is 0.295 e. The predicted octanol–water partition coefficient (Wildman–Crippen LogP) is 10.6. The van der Waals surface area contributed by atoms with Gasteiger partial charge in [0.1, 0.15) is 24.0 Å².